The van der Waals surface area contributed by atoms with Gasteiger partial charge in [-0.15, -0.1) is 0 Å². The topological polar surface area (TPSA) is 42.7 Å². The smallest absolute Gasteiger partial charge is 0.337 e. The standard InChI is InChI=1S/C19H19NO3/c1-22-19(21)15-4-2-3-14(11-15)16-7-10-23-18(16)17-12-20-8-5-13(17)6-9-20/h2-4,7,10-13H,5-6,8-9H2,1H3. The molecule has 4 heterocycles. The second kappa shape index (κ2) is 5.61. The summed E-state index contributed by atoms with van der Waals surface area (Å²) in [6, 6.07) is 9.49. The molecule has 118 valence electrons. The zero-order valence-corrected chi connectivity index (χ0v) is 13.1. The van der Waals surface area contributed by atoms with Crippen LogP contribution < -0.4 is 0 Å². The van der Waals surface area contributed by atoms with Crippen LogP contribution in [0.4, 0.5) is 0 Å². The lowest BCUT2D eigenvalue weighted by atomic mass is 9.83. The van der Waals surface area contributed by atoms with Gasteiger partial charge in [-0.2, -0.15) is 0 Å². The predicted octanol–water partition coefficient (Wildman–Crippen LogP) is 3.80. The normalized spacial score (nSPS) is 17.3. The van der Waals surface area contributed by atoms with Gasteiger partial charge in [-0.1, -0.05) is 12.1 Å². The summed E-state index contributed by atoms with van der Waals surface area (Å²) in [7, 11) is 1.40. The van der Waals surface area contributed by atoms with Gasteiger partial charge in [-0.3, -0.25) is 0 Å². The van der Waals surface area contributed by atoms with Crippen molar-refractivity contribution in [3.05, 3.63) is 54.1 Å². The Labute approximate surface area is 135 Å². The number of allylic oxidation sites excluding steroid dienone is 1. The number of nitrogens with zero attached hydrogens (tertiary/aromatic N) is 1. The van der Waals surface area contributed by atoms with Gasteiger partial charge in [0.15, 0.2) is 0 Å². The summed E-state index contributed by atoms with van der Waals surface area (Å²) in [5.74, 6) is 1.19. The molecule has 2 aromatic rings. The van der Waals surface area contributed by atoms with E-state index in [1.165, 1.54) is 25.5 Å². The van der Waals surface area contributed by atoms with Gasteiger partial charge in [0.25, 0.3) is 0 Å². The van der Waals surface area contributed by atoms with E-state index in [1.54, 1.807) is 12.3 Å². The van der Waals surface area contributed by atoms with Crippen molar-refractivity contribution in [2.24, 2.45) is 5.92 Å². The van der Waals surface area contributed by atoms with Crippen LogP contribution in [-0.4, -0.2) is 31.1 Å². The first-order chi connectivity index (χ1) is 11.3. The molecular weight excluding hydrogens is 290 g/mol. The second-order valence-corrected chi connectivity index (χ2v) is 6.13. The summed E-state index contributed by atoms with van der Waals surface area (Å²) in [6.07, 6.45) is 6.35. The third-order valence-electron chi connectivity index (χ3n) is 4.81. The molecule has 1 aromatic heterocycles. The van der Waals surface area contributed by atoms with E-state index in [0.717, 1.165) is 30.0 Å². The summed E-state index contributed by atoms with van der Waals surface area (Å²) in [6.45, 7) is 2.28. The van der Waals surface area contributed by atoms with Crippen LogP contribution in [0.2, 0.25) is 0 Å². The first kappa shape index (κ1) is 14.1. The number of furan rings is 1. The van der Waals surface area contributed by atoms with E-state index in [4.69, 9.17) is 9.15 Å². The molecule has 1 aromatic carbocycles. The first-order valence-corrected chi connectivity index (χ1v) is 7.98. The molecule has 0 N–H and O–H groups in total. The van der Waals surface area contributed by atoms with Crippen LogP contribution in [-0.2, 0) is 4.74 Å². The number of rotatable bonds is 3. The van der Waals surface area contributed by atoms with Gasteiger partial charge in [0, 0.05) is 30.4 Å². The second-order valence-electron chi connectivity index (χ2n) is 6.13. The summed E-state index contributed by atoms with van der Waals surface area (Å²) in [5.41, 5.74) is 3.86. The zero-order chi connectivity index (χ0) is 15.8. The molecule has 3 aliphatic heterocycles. The Morgan fingerprint density at radius 1 is 1.26 bits per heavy atom. The average Bonchev–Trinajstić information content (AvgIpc) is 3.12. The number of hydrogen-bond acceptors (Lipinski definition) is 4. The number of benzene rings is 1. The fourth-order valence-corrected chi connectivity index (χ4v) is 3.58. The number of fused-ring (bicyclic) bond motifs is 2. The molecule has 3 aliphatic rings. The lowest BCUT2D eigenvalue weighted by molar-refractivity contribution is 0.0601. The lowest BCUT2D eigenvalue weighted by Gasteiger charge is -2.38. The monoisotopic (exact) mass is 309 g/mol. The maximum atomic E-state index is 11.8. The van der Waals surface area contributed by atoms with Gasteiger partial charge in [0.05, 0.1) is 18.9 Å². The molecule has 2 bridgehead atoms. The van der Waals surface area contributed by atoms with Crippen molar-refractivity contribution in [2.45, 2.75) is 12.8 Å². The van der Waals surface area contributed by atoms with Crippen molar-refractivity contribution in [2.75, 3.05) is 20.2 Å². The summed E-state index contributed by atoms with van der Waals surface area (Å²) >= 11 is 0. The summed E-state index contributed by atoms with van der Waals surface area (Å²) in [4.78, 5) is 14.1. The largest absolute Gasteiger partial charge is 0.465 e. The van der Waals surface area contributed by atoms with Crippen LogP contribution in [0.5, 0.6) is 0 Å². The molecule has 4 heteroatoms. The third kappa shape index (κ3) is 2.44. The lowest BCUT2D eigenvalue weighted by Crippen LogP contribution is -2.35. The van der Waals surface area contributed by atoms with Crippen LogP contribution in [0.3, 0.4) is 0 Å². The van der Waals surface area contributed by atoms with Crippen molar-refractivity contribution in [3.63, 3.8) is 0 Å². The fraction of sp³-hybridized carbons (Fsp3) is 0.316. The average molecular weight is 309 g/mol. The van der Waals surface area contributed by atoms with Gasteiger partial charge in [0.2, 0.25) is 0 Å². The van der Waals surface area contributed by atoms with Crippen LogP contribution in [0.15, 0.2) is 47.2 Å². The van der Waals surface area contributed by atoms with Gasteiger partial charge in [-0.05, 0) is 42.5 Å². The van der Waals surface area contributed by atoms with Crippen molar-refractivity contribution < 1.29 is 13.9 Å². The van der Waals surface area contributed by atoms with Crippen molar-refractivity contribution >= 4 is 11.5 Å². The van der Waals surface area contributed by atoms with E-state index in [1.807, 2.05) is 24.3 Å². The molecule has 0 unspecified atom stereocenters. The molecule has 0 aliphatic carbocycles. The number of carbonyl (C=O) groups excluding carboxylic acids is 1. The molecule has 4 nitrogen and oxygen atoms in total. The van der Waals surface area contributed by atoms with Crippen molar-refractivity contribution in [1.29, 1.82) is 0 Å². The number of ether oxygens (including phenoxy) is 1. The van der Waals surface area contributed by atoms with E-state index in [2.05, 4.69) is 11.1 Å². The highest BCUT2D eigenvalue weighted by atomic mass is 16.5. The van der Waals surface area contributed by atoms with Crippen LogP contribution in [0.25, 0.3) is 16.7 Å². The van der Waals surface area contributed by atoms with E-state index < -0.39 is 0 Å². The number of hydrogen-bond donors (Lipinski definition) is 0. The Balaban J connectivity index is 1.75. The predicted molar refractivity (Wildman–Crippen MR) is 87.8 cm³/mol. The van der Waals surface area contributed by atoms with E-state index in [-0.39, 0.29) is 5.97 Å². The third-order valence-corrected chi connectivity index (χ3v) is 4.81. The van der Waals surface area contributed by atoms with Gasteiger partial charge < -0.3 is 14.1 Å². The molecule has 0 amide bonds. The van der Waals surface area contributed by atoms with Crippen LogP contribution in [0, 0.1) is 5.92 Å². The Kier molecular flexibility index (Phi) is 3.45. The van der Waals surface area contributed by atoms with E-state index in [9.17, 15) is 4.79 Å². The number of carbonyl (C=O) groups is 1. The van der Waals surface area contributed by atoms with E-state index >= 15 is 0 Å². The quantitative estimate of drug-likeness (QED) is 0.809. The van der Waals surface area contributed by atoms with Gasteiger partial charge >= 0.3 is 5.97 Å². The van der Waals surface area contributed by atoms with Crippen molar-refractivity contribution in [3.8, 4) is 11.1 Å². The summed E-state index contributed by atoms with van der Waals surface area (Å²) < 4.78 is 10.6. The maximum Gasteiger partial charge on any atom is 0.337 e. The highest BCUT2D eigenvalue weighted by Gasteiger charge is 2.30. The van der Waals surface area contributed by atoms with Gasteiger partial charge in [-0.25, -0.2) is 4.79 Å². The molecule has 1 saturated heterocycles. The molecule has 23 heavy (non-hydrogen) atoms. The highest BCUT2D eigenvalue weighted by molar-refractivity contribution is 5.91. The molecular formula is C19H19NO3. The maximum absolute atomic E-state index is 11.8. The Morgan fingerprint density at radius 3 is 2.78 bits per heavy atom. The van der Waals surface area contributed by atoms with Crippen LogP contribution >= 0.6 is 0 Å². The van der Waals surface area contributed by atoms with Crippen molar-refractivity contribution in [1.82, 2.24) is 4.90 Å². The highest BCUT2D eigenvalue weighted by Crippen LogP contribution is 2.41. The minimum Gasteiger partial charge on any atom is -0.465 e. The van der Waals surface area contributed by atoms with E-state index in [0.29, 0.717) is 11.5 Å². The minimum absolute atomic E-state index is 0.320. The minimum atomic E-state index is -0.320. The number of methoxy groups -OCH3 is 1. The number of esters is 1. The number of piperidine rings is 1. The molecule has 1 fully saturated rings. The Hall–Kier alpha value is -2.49. The fourth-order valence-electron chi connectivity index (χ4n) is 3.58. The molecule has 0 saturated carbocycles. The van der Waals surface area contributed by atoms with Gasteiger partial charge in [0.1, 0.15) is 5.76 Å². The zero-order valence-electron chi connectivity index (χ0n) is 13.1. The molecule has 0 radical (unpaired) electrons. The first-order valence-electron chi connectivity index (χ1n) is 7.98. The molecule has 0 spiro atoms. The van der Waals surface area contributed by atoms with Crippen LogP contribution in [0.1, 0.15) is 29.0 Å². The molecule has 5 rings (SSSR count). The Morgan fingerprint density at radius 2 is 2.09 bits per heavy atom. The SMILES string of the molecule is COC(=O)c1cccc(-c2ccoc2C2=CN3CCC2CC3)c1. The Bertz CT molecular complexity index is 766. The molecule has 0 atom stereocenters. The summed E-state index contributed by atoms with van der Waals surface area (Å²) in [5, 5.41) is 0.